The number of aromatic nitrogens is 2. The molecule has 0 aliphatic carbocycles. The second kappa shape index (κ2) is 5.09. The highest BCUT2D eigenvalue weighted by molar-refractivity contribution is 7.89. The topological polar surface area (TPSA) is 89.8 Å². The van der Waals surface area contributed by atoms with Crippen molar-refractivity contribution >= 4 is 10.0 Å². The second-order valence-electron chi connectivity index (χ2n) is 3.36. The summed E-state index contributed by atoms with van der Waals surface area (Å²) in [5.41, 5.74) is 0. The fraction of sp³-hybridized carbons (Fsp3) is 0.556. The Hall–Kier alpha value is -1.39. The maximum absolute atomic E-state index is 11.9. The highest BCUT2D eigenvalue weighted by Gasteiger charge is 2.28. The van der Waals surface area contributed by atoms with Gasteiger partial charge in [0.1, 0.15) is 5.82 Å². The molecule has 0 saturated heterocycles. The largest absolute Gasteiger partial charge is 0.347 e. The number of sulfonamides is 1. The van der Waals surface area contributed by atoms with Crippen molar-refractivity contribution in [2.24, 2.45) is 0 Å². The van der Waals surface area contributed by atoms with Gasteiger partial charge >= 0.3 is 0 Å². The molecule has 0 saturated carbocycles. The number of nitrogens with zero attached hydrogens (tertiary/aromatic N) is 3. The van der Waals surface area contributed by atoms with Crippen LogP contribution in [0.3, 0.4) is 0 Å². The van der Waals surface area contributed by atoms with E-state index in [0.717, 1.165) is 4.31 Å². The average Bonchev–Trinajstić information content (AvgIpc) is 2.71. The zero-order chi connectivity index (χ0) is 12.2. The Kier molecular flexibility index (Phi) is 4.04. The zero-order valence-electron chi connectivity index (χ0n) is 9.21. The highest BCUT2D eigenvalue weighted by atomic mass is 32.2. The van der Waals surface area contributed by atoms with Gasteiger partial charge in [-0.25, -0.2) is 13.4 Å². The summed E-state index contributed by atoms with van der Waals surface area (Å²) >= 11 is 0. The SMILES string of the molecule is CCC(C#N)S(=O)(=O)N(C)Cc1ncc[nH]1. The van der Waals surface area contributed by atoms with Gasteiger partial charge in [0.2, 0.25) is 10.0 Å². The molecule has 16 heavy (non-hydrogen) atoms. The number of imidazole rings is 1. The van der Waals surface area contributed by atoms with Crippen molar-refractivity contribution in [3.63, 3.8) is 0 Å². The third-order valence-electron chi connectivity index (χ3n) is 2.24. The van der Waals surface area contributed by atoms with Crippen molar-refractivity contribution < 1.29 is 8.42 Å². The summed E-state index contributed by atoms with van der Waals surface area (Å²) in [7, 11) is -2.12. The molecule has 0 aliphatic rings. The van der Waals surface area contributed by atoms with Gasteiger partial charge in [-0.15, -0.1) is 0 Å². The lowest BCUT2D eigenvalue weighted by Gasteiger charge is -2.18. The van der Waals surface area contributed by atoms with Crippen LogP contribution in [0.2, 0.25) is 0 Å². The minimum atomic E-state index is -3.57. The zero-order valence-corrected chi connectivity index (χ0v) is 10.0. The smallest absolute Gasteiger partial charge is 0.230 e. The first-order valence-electron chi connectivity index (χ1n) is 4.85. The summed E-state index contributed by atoms with van der Waals surface area (Å²) in [6, 6.07) is 1.79. The minimum absolute atomic E-state index is 0.146. The van der Waals surface area contributed by atoms with Crippen LogP contribution in [0.4, 0.5) is 0 Å². The fourth-order valence-corrected chi connectivity index (χ4v) is 2.56. The fourth-order valence-electron chi connectivity index (χ4n) is 1.27. The predicted molar refractivity (Wildman–Crippen MR) is 58.7 cm³/mol. The van der Waals surface area contributed by atoms with Gasteiger partial charge in [-0.1, -0.05) is 6.92 Å². The monoisotopic (exact) mass is 242 g/mol. The van der Waals surface area contributed by atoms with E-state index in [1.165, 1.54) is 7.05 Å². The first kappa shape index (κ1) is 12.7. The van der Waals surface area contributed by atoms with E-state index in [0.29, 0.717) is 5.82 Å². The Balaban J connectivity index is 2.81. The maximum atomic E-state index is 11.9. The summed E-state index contributed by atoms with van der Waals surface area (Å²) in [5, 5.41) is 7.76. The molecule has 0 fully saturated rings. The molecule has 1 aromatic rings. The molecular formula is C9H14N4O2S. The molecule has 0 bridgehead atoms. The third-order valence-corrected chi connectivity index (χ3v) is 4.39. The van der Waals surface area contributed by atoms with Crippen molar-refractivity contribution in [1.82, 2.24) is 14.3 Å². The Bertz CT molecular complexity index is 460. The summed E-state index contributed by atoms with van der Waals surface area (Å²) in [4.78, 5) is 6.75. The standard InChI is InChI=1S/C9H14N4O2S/c1-3-8(6-10)16(14,15)13(2)7-9-11-4-5-12-9/h4-5,8H,3,7H2,1-2H3,(H,11,12). The average molecular weight is 242 g/mol. The molecule has 0 aromatic carbocycles. The van der Waals surface area contributed by atoms with Crippen molar-refractivity contribution in [2.45, 2.75) is 25.1 Å². The summed E-state index contributed by atoms with van der Waals surface area (Å²) in [6.07, 6.45) is 3.45. The van der Waals surface area contributed by atoms with Gasteiger partial charge < -0.3 is 4.98 Å². The van der Waals surface area contributed by atoms with Crippen LogP contribution in [0, 0.1) is 11.3 Å². The quantitative estimate of drug-likeness (QED) is 0.812. The van der Waals surface area contributed by atoms with Crippen molar-refractivity contribution in [2.75, 3.05) is 7.05 Å². The summed E-state index contributed by atoms with van der Waals surface area (Å²) in [5.74, 6) is 0.555. The lowest BCUT2D eigenvalue weighted by molar-refractivity contribution is 0.452. The van der Waals surface area contributed by atoms with E-state index in [9.17, 15) is 8.42 Å². The Labute approximate surface area is 95.0 Å². The van der Waals surface area contributed by atoms with E-state index in [-0.39, 0.29) is 13.0 Å². The van der Waals surface area contributed by atoms with E-state index < -0.39 is 15.3 Å². The molecule has 0 aliphatic heterocycles. The number of nitriles is 1. The van der Waals surface area contributed by atoms with Crippen molar-refractivity contribution in [3.8, 4) is 6.07 Å². The number of rotatable bonds is 5. The lowest BCUT2D eigenvalue weighted by Crippen LogP contribution is -2.34. The molecule has 1 aromatic heterocycles. The number of nitrogens with one attached hydrogen (secondary N) is 1. The number of H-pyrrole nitrogens is 1. The Morgan fingerprint density at radius 1 is 1.69 bits per heavy atom. The van der Waals surface area contributed by atoms with E-state index in [2.05, 4.69) is 9.97 Å². The Morgan fingerprint density at radius 3 is 2.81 bits per heavy atom. The number of aromatic amines is 1. The number of hydrogen-bond donors (Lipinski definition) is 1. The van der Waals surface area contributed by atoms with Crippen LogP contribution in [0.5, 0.6) is 0 Å². The van der Waals surface area contributed by atoms with E-state index in [1.54, 1.807) is 25.4 Å². The maximum Gasteiger partial charge on any atom is 0.230 e. The van der Waals surface area contributed by atoms with Crippen LogP contribution < -0.4 is 0 Å². The van der Waals surface area contributed by atoms with E-state index >= 15 is 0 Å². The molecule has 1 heterocycles. The van der Waals surface area contributed by atoms with Gasteiger partial charge in [0.05, 0.1) is 12.6 Å². The number of hydrogen-bond acceptors (Lipinski definition) is 4. The molecule has 1 unspecified atom stereocenters. The molecule has 7 heteroatoms. The van der Waals surface area contributed by atoms with Crippen LogP contribution in [-0.2, 0) is 16.6 Å². The van der Waals surface area contributed by atoms with Crippen molar-refractivity contribution in [1.29, 1.82) is 5.26 Å². The first-order chi connectivity index (χ1) is 7.52. The highest BCUT2D eigenvalue weighted by Crippen LogP contribution is 2.11. The molecular weight excluding hydrogens is 228 g/mol. The van der Waals surface area contributed by atoms with Gasteiger partial charge in [-0.3, -0.25) is 0 Å². The van der Waals surface area contributed by atoms with Gasteiger partial charge in [0.15, 0.2) is 5.25 Å². The molecule has 1 atom stereocenters. The van der Waals surface area contributed by atoms with Gasteiger partial charge in [-0.2, -0.15) is 9.57 Å². The Morgan fingerprint density at radius 2 is 2.38 bits per heavy atom. The molecule has 88 valence electrons. The third kappa shape index (κ3) is 2.59. The van der Waals surface area contributed by atoms with Crippen LogP contribution in [0.1, 0.15) is 19.2 Å². The van der Waals surface area contributed by atoms with E-state index in [4.69, 9.17) is 5.26 Å². The summed E-state index contributed by atoms with van der Waals surface area (Å²) in [6.45, 7) is 1.82. The van der Waals surface area contributed by atoms with Crippen LogP contribution in [-0.4, -0.2) is 35.0 Å². The van der Waals surface area contributed by atoms with Crippen LogP contribution >= 0.6 is 0 Å². The lowest BCUT2D eigenvalue weighted by atomic mass is 10.4. The molecule has 1 rings (SSSR count). The molecule has 6 nitrogen and oxygen atoms in total. The van der Waals surface area contributed by atoms with E-state index in [1.807, 2.05) is 0 Å². The van der Waals surface area contributed by atoms with Crippen LogP contribution in [0.15, 0.2) is 12.4 Å². The first-order valence-corrected chi connectivity index (χ1v) is 6.35. The molecule has 1 N–H and O–H groups in total. The van der Waals surface area contributed by atoms with Crippen molar-refractivity contribution in [3.05, 3.63) is 18.2 Å². The predicted octanol–water partition coefficient (Wildman–Crippen LogP) is 0.473. The molecule has 0 amide bonds. The minimum Gasteiger partial charge on any atom is -0.347 e. The van der Waals surface area contributed by atoms with Gasteiger partial charge in [-0.05, 0) is 6.42 Å². The molecule has 0 spiro atoms. The van der Waals surface area contributed by atoms with Gasteiger partial charge in [0.25, 0.3) is 0 Å². The second-order valence-corrected chi connectivity index (χ2v) is 5.59. The van der Waals surface area contributed by atoms with Crippen LogP contribution in [0.25, 0.3) is 0 Å². The normalized spacial score (nSPS) is 13.6. The molecule has 0 radical (unpaired) electrons. The summed E-state index contributed by atoms with van der Waals surface area (Å²) < 4.78 is 24.9. The van der Waals surface area contributed by atoms with Gasteiger partial charge in [0, 0.05) is 19.4 Å².